The van der Waals surface area contributed by atoms with Crippen molar-refractivity contribution in [3.63, 3.8) is 0 Å². The first-order valence-electron chi connectivity index (χ1n) is 6.64. The number of hydrogen-bond acceptors (Lipinski definition) is 5. The number of anilines is 1. The highest BCUT2D eigenvalue weighted by atomic mass is 79.9. The van der Waals surface area contributed by atoms with Crippen molar-refractivity contribution in [2.75, 3.05) is 24.7 Å². The van der Waals surface area contributed by atoms with E-state index in [4.69, 9.17) is 0 Å². The summed E-state index contributed by atoms with van der Waals surface area (Å²) in [6.07, 6.45) is 0.358. The molecule has 0 fully saturated rings. The smallest absolute Gasteiger partial charge is 0.306 e. The summed E-state index contributed by atoms with van der Waals surface area (Å²) in [5.74, 6) is 0.380. The minimum absolute atomic E-state index is 0.0320. The third-order valence-electron chi connectivity index (χ3n) is 3.13. The molecular weight excluding hydrogens is 356 g/mol. The van der Waals surface area contributed by atoms with Gasteiger partial charge in [-0.25, -0.2) is 0 Å². The quantitative estimate of drug-likeness (QED) is 0.593. The van der Waals surface area contributed by atoms with Crippen molar-refractivity contribution in [2.45, 2.75) is 24.3 Å². The molecule has 0 saturated heterocycles. The number of amides is 1. The molecule has 21 heavy (non-hydrogen) atoms. The monoisotopic (exact) mass is 372 g/mol. The molecule has 1 unspecified atom stereocenters. The number of likely N-dealkylation sites (N-methyl/N-ethyl adjacent to an activating group) is 1. The molecule has 0 saturated carbocycles. The van der Waals surface area contributed by atoms with Gasteiger partial charge >= 0.3 is 5.97 Å². The van der Waals surface area contributed by atoms with E-state index in [2.05, 4.69) is 31.3 Å². The summed E-state index contributed by atoms with van der Waals surface area (Å²) >= 11 is 5.08. The number of carbonyl (C=O) groups excluding carboxylic acids is 2. The number of benzene rings is 1. The van der Waals surface area contributed by atoms with Crippen LogP contribution in [0, 0.1) is 0 Å². The number of fused-ring (bicyclic) bond motifs is 1. The summed E-state index contributed by atoms with van der Waals surface area (Å²) < 4.78 is 5.54. The average Bonchev–Trinajstić information content (AvgIpc) is 2.75. The third-order valence-corrected chi connectivity index (χ3v) is 5.11. The molecule has 1 aromatic carbocycles. The Morgan fingerprint density at radius 2 is 2.29 bits per heavy atom. The third kappa shape index (κ3) is 3.78. The van der Waals surface area contributed by atoms with Gasteiger partial charge in [-0.1, -0.05) is 6.92 Å². The van der Waals surface area contributed by atoms with E-state index >= 15 is 0 Å². The first-order chi connectivity index (χ1) is 10.1. The van der Waals surface area contributed by atoms with E-state index in [0.717, 1.165) is 27.2 Å². The maximum atomic E-state index is 11.9. The predicted molar refractivity (Wildman–Crippen MR) is 86.5 cm³/mol. The number of nitrogens with one attached hydrogen (secondary N) is 2. The van der Waals surface area contributed by atoms with Gasteiger partial charge in [-0.15, -0.1) is 11.8 Å². The maximum Gasteiger partial charge on any atom is 0.306 e. The molecule has 1 aliphatic rings. The fourth-order valence-electron chi connectivity index (χ4n) is 2.13. The minimum Gasteiger partial charge on any atom is -0.469 e. The Hall–Kier alpha value is -1.05. The van der Waals surface area contributed by atoms with Crippen molar-refractivity contribution in [1.29, 1.82) is 0 Å². The lowest BCUT2D eigenvalue weighted by Gasteiger charge is -2.11. The van der Waals surface area contributed by atoms with Crippen LogP contribution in [0.2, 0.25) is 0 Å². The zero-order valence-electron chi connectivity index (χ0n) is 11.9. The molecule has 0 bridgehead atoms. The van der Waals surface area contributed by atoms with Crippen LogP contribution >= 0.6 is 27.7 Å². The van der Waals surface area contributed by atoms with Gasteiger partial charge < -0.3 is 15.4 Å². The molecule has 1 heterocycles. The van der Waals surface area contributed by atoms with Gasteiger partial charge in [0, 0.05) is 26.4 Å². The molecule has 5 nitrogen and oxygen atoms in total. The van der Waals surface area contributed by atoms with Crippen molar-refractivity contribution in [3.05, 3.63) is 22.2 Å². The predicted octanol–water partition coefficient (Wildman–Crippen LogP) is 2.71. The van der Waals surface area contributed by atoms with Crippen molar-refractivity contribution < 1.29 is 14.3 Å². The second kappa shape index (κ2) is 7.29. The highest BCUT2D eigenvalue weighted by Crippen LogP contribution is 2.39. The number of thioether (sulfide) groups is 1. The van der Waals surface area contributed by atoms with E-state index in [9.17, 15) is 9.59 Å². The Balaban J connectivity index is 2.11. The van der Waals surface area contributed by atoms with E-state index in [-0.39, 0.29) is 17.9 Å². The summed E-state index contributed by atoms with van der Waals surface area (Å²) in [6.45, 7) is 2.70. The zero-order valence-corrected chi connectivity index (χ0v) is 14.3. The van der Waals surface area contributed by atoms with Crippen molar-refractivity contribution in [3.8, 4) is 0 Å². The van der Waals surface area contributed by atoms with Crippen molar-refractivity contribution in [2.24, 2.45) is 0 Å². The van der Waals surface area contributed by atoms with E-state index in [1.54, 1.807) is 11.8 Å². The summed E-state index contributed by atoms with van der Waals surface area (Å²) in [6, 6.07) is 3.60. The Morgan fingerprint density at radius 3 is 2.95 bits per heavy atom. The number of halogens is 1. The minimum atomic E-state index is -0.296. The van der Waals surface area contributed by atoms with E-state index in [0.29, 0.717) is 12.2 Å². The van der Waals surface area contributed by atoms with Gasteiger partial charge in [0.25, 0.3) is 0 Å². The summed E-state index contributed by atoms with van der Waals surface area (Å²) in [5.41, 5.74) is 1.78. The molecule has 114 valence electrons. The summed E-state index contributed by atoms with van der Waals surface area (Å²) in [7, 11) is 1.38. The van der Waals surface area contributed by atoms with Gasteiger partial charge in [0.1, 0.15) is 6.04 Å². The lowest BCUT2D eigenvalue weighted by atomic mass is 10.1. The summed E-state index contributed by atoms with van der Waals surface area (Å²) in [4.78, 5) is 24.0. The molecule has 1 amide bonds. The highest BCUT2D eigenvalue weighted by Gasteiger charge is 2.30. The van der Waals surface area contributed by atoms with Gasteiger partial charge in [-0.05, 0) is 34.6 Å². The zero-order chi connectivity index (χ0) is 15.4. The number of rotatable bonds is 6. The maximum absolute atomic E-state index is 11.9. The first kappa shape index (κ1) is 16.3. The molecule has 0 spiro atoms. The SMILES string of the molecule is CCNC1C(=O)Nc2cc(SCCC(=O)OC)c(Br)cc21. The Morgan fingerprint density at radius 1 is 1.52 bits per heavy atom. The Labute approximate surface area is 136 Å². The molecule has 1 aromatic rings. The molecule has 1 aliphatic heterocycles. The second-order valence-corrected chi connectivity index (χ2v) is 6.52. The van der Waals surface area contributed by atoms with Crippen molar-refractivity contribution in [1.82, 2.24) is 5.32 Å². The molecule has 2 rings (SSSR count). The van der Waals surface area contributed by atoms with E-state index in [1.807, 2.05) is 19.1 Å². The number of hydrogen-bond donors (Lipinski definition) is 2. The normalized spacial score (nSPS) is 16.5. The lowest BCUT2D eigenvalue weighted by Crippen LogP contribution is -2.27. The number of methoxy groups -OCH3 is 1. The molecule has 7 heteroatoms. The van der Waals surface area contributed by atoms with Crippen LogP contribution in [0.5, 0.6) is 0 Å². The van der Waals surface area contributed by atoms with Crippen LogP contribution in [0.15, 0.2) is 21.5 Å². The Bertz CT molecular complexity index is 565. The van der Waals surface area contributed by atoms with Gasteiger partial charge in [-0.3, -0.25) is 9.59 Å². The highest BCUT2D eigenvalue weighted by molar-refractivity contribution is 9.10. The van der Waals surface area contributed by atoms with Crippen LogP contribution in [0.3, 0.4) is 0 Å². The number of ether oxygens (including phenoxy) is 1. The van der Waals surface area contributed by atoms with Gasteiger partial charge in [0.2, 0.25) is 5.91 Å². The van der Waals surface area contributed by atoms with Crippen LogP contribution in [0.4, 0.5) is 5.69 Å². The topological polar surface area (TPSA) is 67.4 Å². The average molecular weight is 373 g/mol. The van der Waals surface area contributed by atoms with Crippen LogP contribution in [-0.2, 0) is 14.3 Å². The van der Waals surface area contributed by atoms with Crippen LogP contribution in [0.1, 0.15) is 24.9 Å². The van der Waals surface area contributed by atoms with Gasteiger partial charge in [0.15, 0.2) is 0 Å². The molecule has 1 atom stereocenters. The molecule has 2 N–H and O–H groups in total. The van der Waals surface area contributed by atoms with Crippen molar-refractivity contribution >= 4 is 45.3 Å². The molecule has 0 aliphatic carbocycles. The largest absolute Gasteiger partial charge is 0.469 e. The standard InChI is InChI=1S/C14H17BrN2O3S/c1-3-16-13-8-6-9(15)11(7-10(8)17-14(13)19)21-5-4-12(18)20-2/h6-7,13,16H,3-5H2,1-2H3,(H,17,19). The van der Waals surface area contributed by atoms with Gasteiger partial charge in [-0.2, -0.15) is 0 Å². The Kier molecular flexibility index (Phi) is 5.66. The van der Waals surface area contributed by atoms with Crippen LogP contribution in [0.25, 0.3) is 0 Å². The number of esters is 1. The fourth-order valence-corrected chi connectivity index (χ4v) is 3.72. The lowest BCUT2D eigenvalue weighted by molar-refractivity contribution is -0.140. The van der Waals surface area contributed by atoms with Crippen LogP contribution < -0.4 is 10.6 Å². The number of carbonyl (C=O) groups is 2. The molecule has 0 aromatic heterocycles. The molecule has 0 radical (unpaired) electrons. The fraction of sp³-hybridized carbons (Fsp3) is 0.429. The van der Waals surface area contributed by atoms with E-state index in [1.165, 1.54) is 7.11 Å². The van der Waals surface area contributed by atoms with E-state index < -0.39 is 0 Å². The second-order valence-electron chi connectivity index (χ2n) is 4.52. The first-order valence-corrected chi connectivity index (χ1v) is 8.42. The summed E-state index contributed by atoms with van der Waals surface area (Å²) in [5, 5.41) is 6.04. The van der Waals surface area contributed by atoms with Gasteiger partial charge in [0.05, 0.1) is 13.5 Å². The molecular formula is C14H17BrN2O3S. The van der Waals surface area contributed by atoms with Crippen LogP contribution in [-0.4, -0.2) is 31.3 Å².